The number of fused-ring (bicyclic) bond motifs is 1. The lowest BCUT2D eigenvalue weighted by molar-refractivity contribution is -0.139. The first-order chi connectivity index (χ1) is 19.3. The number of nitrogens with zero attached hydrogens (tertiary/aromatic N) is 3. The summed E-state index contributed by atoms with van der Waals surface area (Å²) < 4.78 is 5.85. The molecule has 2 aromatic carbocycles. The molecule has 40 heavy (non-hydrogen) atoms. The molecule has 1 amide bonds. The predicted octanol–water partition coefficient (Wildman–Crippen LogP) is 5.29. The highest BCUT2D eigenvalue weighted by Crippen LogP contribution is 2.57. The lowest BCUT2D eigenvalue weighted by Crippen LogP contribution is -2.50. The molecule has 3 heterocycles. The fraction of sp³-hybridized carbons (Fsp3) is 0.469. The van der Waals surface area contributed by atoms with E-state index in [4.69, 9.17) is 9.84 Å². The number of carboxylic acid groups (broad SMARTS) is 1. The van der Waals surface area contributed by atoms with Crippen LogP contribution >= 0.6 is 0 Å². The lowest BCUT2D eigenvalue weighted by Gasteiger charge is -2.53. The number of carbonyl (C=O) groups is 2. The minimum absolute atomic E-state index is 0.0395. The number of aliphatic carboxylic acids is 1. The van der Waals surface area contributed by atoms with Crippen molar-refractivity contribution in [2.75, 3.05) is 26.7 Å². The third kappa shape index (κ3) is 4.73. The van der Waals surface area contributed by atoms with Crippen LogP contribution in [0, 0.1) is 35.5 Å². The SMILES string of the molecule is COc1cc(C)c2[nH]ccc2c1CN1CCC2(CC(C#N)C2)C[C@H]1c1ccc(C(=O)N2CC(CC(=O)O)C2)cc1. The summed E-state index contributed by atoms with van der Waals surface area (Å²) in [5.74, 6) is 0.237. The number of carbonyl (C=O) groups excluding carboxylic acids is 1. The molecule has 8 heteroatoms. The number of nitrogens with one attached hydrogen (secondary N) is 1. The van der Waals surface area contributed by atoms with Crippen molar-refractivity contribution in [1.29, 1.82) is 5.26 Å². The normalized spacial score (nSPS) is 24.9. The van der Waals surface area contributed by atoms with Crippen LogP contribution in [0.3, 0.4) is 0 Å². The second-order valence-electron chi connectivity index (χ2n) is 12.1. The third-order valence-electron chi connectivity index (χ3n) is 9.48. The molecule has 1 atom stereocenters. The quantitative estimate of drug-likeness (QED) is 0.422. The topological polar surface area (TPSA) is 110 Å². The number of hydrogen-bond donors (Lipinski definition) is 2. The minimum Gasteiger partial charge on any atom is -0.496 e. The zero-order valence-corrected chi connectivity index (χ0v) is 23.2. The molecule has 1 spiro atoms. The van der Waals surface area contributed by atoms with Gasteiger partial charge in [0, 0.05) is 65.7 Å². The van der Waals surface area contributed by atoms with Gasteiger partial charge in [-0.1, -0.05) is 12.1 Å². The number of aromatic nitrogens is 1. The Morgan fingerprint density at radius 3 is 2.60 bits per heavy atom. The molecule has 208 valence electrons. The summed E-state index contributed by atoms with van der Waals surface area (Å²) >= 11 is 0. The highest BCUT2D eigenvalue weighted by atomic mass is 16.5. The molecule has 1 saturated carbocycles. The van der Waals surface area contributed by atoms with E-state index in [0.717, 1.165) is 55.6 Å². The molecular formula is C32H36N4O4. The van der Waals surface area contributed by atoms with Gasteiger partial charge in [-0.15, -0.1) is 0 Å². The average Bonchev–Trinajstić information content (AvgIpc) is 3.41. The van der Waals surface area contributed by atoms with Crippen molar-refractivity contribution >= 4 is 22.8 Å². The monoisotopic (exact) mass is 540 g/mol. The van der Waals surface area contributed by atoms with Crippen molar-refractivity contribution in [1.82, 2.24) is 14.8 Å². The number of piperidine rings is 1. The molecule has 0 unspecified atom stereocenters. The molecule has 3 fully saturated rings. The second kappa shape index (κ2) is 10.3. The molecule has 2 aliphatic heterocycles. The summed E-state index contributed by atoms with van der Waals surface area (Å²) in [6.07, 6.45) is 6.09. The molecule has 2 N–H and O–H groups in total. The first-order valence-electron chi connectivity index (χ1n) is 14.2. The third-order valence-corrected chi connectivity index (χ3v) is 9.48. The average molecular weight is 541 g/mol. The zero-order valence-electron chi connectivity index (χ0n) is 23.2. The Kier molecular flexibility index (Phi) is 6.79. The summed E-state index contributed by atoms with van der Waals surface area (Å²) in [5.41, 5.74) is 5.49. The van der Waals surface area contributed by atoms with Crippen molar-refractivity contribution in [2.24, 2.45) is 17.3 Å². The van der Waals surface area contributed by atoms with E-state index < -0.39 is 5.97 Å². The summed E-state index contributed by atoms with van der Waals surface area (Å²) in [6, 6.07) is 14.9. The first kappa shape index (κ1) is 26.4. The minimum atomic E-state index is -0.815. The first-order valence-corrected chi connectivity index (χ1v) is 14.2. The van der Waals surface area contributed by atoms with Crippen LogP contribution in [0.15, 0.2) is 42.6 Å². The molecule has 1 aromatic heterocycles. The predicted molar refractivity (Wildman–Crippen MR) is 151 cm³/mol. The zero-order chi connectivity index (χ0) is 28.0. The highest BCUT2D eigenvalue weighted by Gasteiger charge is 2.49. The number of likely N-dealkylation sites (tertiary alicyclic amines) is 2. The van der Waals surface area contributed by atoms with Crippen LogP contribution in [0.25, 0.3) is 10.9 Å². The molecule has 1 aliphatic carbocycles. The van der Waals surface area contributed by atoms with Crippen molar-refractivity contribution in [3.63, 3.8) is 0 Å². The Morgan fingerprint density at radius 2 is 1.93 bits per heavy atom. The summed E-state index contributed by atoms with van der Waals surface area (Å²) in [5, 5.41) is 19.6. The molecule has 6 rings (SSSR count). The fourth-order valence-electron chi connectivity index (χ4n) is 7.27. The van der Waals surface area contributed by atoms with Gasteiger partial charge in [0.2, 0.25) is 0 Å². The van der Waals surface area contributed by atoms with Gasteiger partial charge in [-0.05, 0) is 80.0 Å². The van der Waals surface area contributed by atoms with E-state index in [1.807, 2.05) is 18.3 Å². The molecule has 3 aliphatic rings. The van der Waals surface area contributed by atoms with E-state index in [1.54, 1.807) is 12.0 Å². The number of aromatic amines is 1. The van der Waals surface area contributed by atoms with Crippen molar-refractivity contribution < 1.29 is 19.4 Å². The van der Waals surface area contributed by atoms with Crippen molar-refractivity contribution in [3.8, 4) is 11.8 Å². The van der Waals surface area contributed by atoms with Crippen LogP contribution in [-0.4, -0.2) is 58.5 Å². The number of ether oxygens (including phenoxy) is 1. The van der Waals surface area contributed by atoms with E-state index in [9.17, 15) is 14.9 Å². The number of aryl methyl sites for hydroxylation is 1. The molecular weight excluding hydrogens is 504 g/mol. The number of amides is 1. The summed E-state index contributed by atoms with van der Waals surface area (Å²) in [6.45, 7) is 4.77. The maximum absolute atomic E-state index is 13.0. The van der Waals surface area contributed by atoms with Crippen LogP contribution in [-0.2, 0) is 11.3 Å². The van der Waals surface area contributed by atoms with Crippen LogP contribution in [0.1, 0.15) is 65.2 Å². The van der Waals surface area contributed by atoms with Gasteiger partial charge >= 0.3 is 5.97 Å². The number of rotatable bonds is 7. The lowest BCUT2D eigenvalue weighted by atomic mass is 9.56. The van der Waals surface area contributed by atoms with Crippen LogP contribution in [0.4, 0.5) is 0 Å². The fourth-order valence-corrected chi connectivity index (χ4v) is 7.27. The van der Waals surface area contributed by atoms with Gasteiger partial charge in [0.15, 0.2) is 0 Å². The van der Waals surface area contributed by atoms with Gasteiger partial charge in [0.1, 0.15) is 5.75 Å². The number of H-pyrrole nitrogens is 1. The Balaban J connectivity index is 1.25. The summed E-state index contributed by atoms with van der Waals surface area (Å²) in [7, 11) is 1.73. The van der Waals surface area contributed by atoms with Crippen LogP contribution in [0.5, 0.6) is 5.75 Å². The van der Waals surface area contributed by atoms with E-state index in [2.05, 4.69) is 47.1 Å². The maximum atomic E-state index is 13.0. The Morgan fingerprint density at radius 1 is 1.18 bits per heavy atom. The maximum Gasteiger partial charge on any atom is 0.303 e. The standard InChI is InChI=1S/C32H36N4O4/c1-20-11-28(40-2)26(25-7-9-34-30(20)25)19-35-10-8-32(13-22(14-32)16-33)15-27(35)23-3-5-24(6-4-23)31(39)36-17-21(18-36)12-29(37)38/h3-7,9,11,21-22,27,34H,8,10,12-15,17-19H2,1-2H3,(H,37,38)/t22?,27-,32?/m0/s1. The Bertz CT molecular complexity index is 1480. The smallest absolute Gasteiger partial charge is 0.303 e. The molecule has 0 radical (unpaired) electrons. The van der Waals surface area contributed by atoms with E-state index in [0.29, 0.717) is 18.7 Å². The second-order valence-corrected chi connectivity index (χ2v) is 12.1. The molecule has 8 nitrogen and oxygen atoms in total. The van der Waals surface area contributed by atoms with Gasteiger partial charge in [-0.2, -0.15) is 5.26 Å². The van der Waals surface area contributed by atoms with Crippen molar-refractivity contribution in [3.05, 3.63) is 64.8 Å². The van der Waals surface area contributed by atoms with E-state index in [-0.39, 0.29) is 35.6 Å². The largest absolute Gasteiger partial charge is 0.496 e. The summed E-state index contributed by atoms with van der Waals surface area (Å²) in [4.78, 5) is 31.6. The van der Waals surface area contributed by atoms with Crippen molar-refractivity contribution in [2.45, 2.75) is 51.6 Å². The van der Waals surface area contributed by atoms with E-state index >= 15 is 0 Å². The van der Waals surface area contributed by atoms with Gasteiger partial charge < -0.3 is 19.7 Å². The number of hydrogen-bond acceptors (Lipinski definition) is 5. The van der Waals surface area contributed by atoms with E-state index in [1.165, 1.54) is 16.5 Å². The number of benzene rings is 2. The van der Waals surface area contributed by atoms with Gasteiger partial charge in [0.25, 0.3) is 5.91 Å². The number of methoxy groups -OCH3 is 1. The Labute approximate surface area is 234 Å². The van der Waals surface area contributed by atoms with Gasteiger partial charge in [-0.3, -0.25) is 14.5 Å². The van der Waals surface area contributed by atoms with Crippen LogP contribution < -0.4 is 4.74 Å². The molecule has 3 aromatic rings. The van der Waals surface area contributed by atoms with Gasteiger partial charge in [-0.25, -0.2) is 0 Å². The van der Waals surface area contributed by atoms with Crippen LogP contribution in [0.2, 0.25) is 0 Å². The number of carboxylic acids is 1. The number of nitriles is 1. The Hall–Kier alpha value is -3.83. The highest BCUT2D eigenvalue weighted by molar-refractivity contribution is 5.95. The molecule has 2 saturated heterocycles. The van der Waals surface area contributed by atoms with Gasteiger partial charge in [0.05, 0.1) is 19.6 Å². The molecule has 0 bridgehead atoms.